The summed E-state index contributed by atoms with van der Waals surface area (Å²) in [4.78, 5) is 24.0. The predicted octanol–water partition coefficient (Wildman–Crippen LogP) is 0.434. The summed E-state index contributed by atoms with van der Waals surface area (Å²) < 4.78 is 9.50. The average molecular weight is 229 g/mol. The molecule has 5 nitrogen and oxygen atoms in total. The van der Waals surface area contributed by atoms with Crippen LogP contribution < -0.4 is 0 Å². The van der Waals surface area contributed by atoms with E-state index >= 15 is 0 Å². The van der Waals surface area contributed by atoms with Crippen LogP contribution in [0.4, 0.5) is 0 Å². The van der Waals surface area contributed by atoms with Crippen LogP contribution in [0.5, 0.6) is 0 Å². The number of methoxy groups -OCH3 is 1. The van der Waals surface area contributed by atoms with Gasteiger partial charge in [-0.2, -0.15) is 0 Å². The first-order valence-electron chi connectivity index (χ1n) is 5.38. The first-order chi connectivity index (χ1) is 7.43. The van der Waals surface area contributed by atoms with Gasteiger partial charge in [-0.05, 0) is 11.8 Å². The van der Waals surface area contributed by atoms with Gasteiger partial charge in [0, 0.05) is 20.3 Å². The lowest BCUT2D eigenvalue weighted by Crippen LogP contribution is -2.46. The molecule has 0 saturated carbocycles. The van der Waals surface area contributed by atoms with Crippen molar-refractivity contribution in [3.63, 3.8) is 0 Å². The number of cyclic esters (lactones) is 2. The lowest BCUT2D eigenvalue weighted by Gasteiger charge is -2.33. The van der Waals surface area contributed by atoms with Gasteiger partial charge in [-0.15, -0.1) is 0 Å². The molecular formula is C11H19NO4. The van der Waals surface area contributed by atoms with E-state index < -0.39 is 11.9 Å². The molecule has 0 aromatic rings. The Labute approximate surface area is 95.7 Å². The highest BCUT2D eigenvalue weighted by atomic mass is 16.6. The predicted molar refractivity (Wildman–Crippen MR) is 57.8 cm³/mol. The fourth-order valence-corrected chi connectivity index (χ4v) is 1.79. The van der Waals surface area contributed by atoms with Crippen LogP contribution in [-0.4, -0.2) is 50.2 Å². The van der Waals surface area contributed by atoms with Gasteiger partial charge in [-0.1, -0.05) is 13.8 Å². The third-order valence-electron chi connectivity index (χ3n) is 2.57. The molecule has 0 spiro atoms. The Bertz CT molecular complexity index is 259. The summed E-state index contributed by atoms with van der Waals surface area (Å²) in [6.07, 6.45) is 0.892. The van der Waals surface area contributed by atoms with Crippen molar-refractivity contribution in [3.8, 4) is 0 Å². The van der Waals surface area contributed by atoms with E-state index in [0.29, 0.717) is 13.2 Å². The van der Waals surface area contributed by atoms with Crippen LogP contribution >= 0.6 is 0 Å². The number of carbonyl (C=O) groups is 2. The van der Waals surface area contributed by atoms with Crippen molar-refractivity contribution >= 4 is 11.9 Å². The number of hydrogen-bond donors (Lipinski definition) is 0. The maximum absolute atomic E-state index is 11.1. The number of morpholine rings is 1. The van der Waals surface area contributed by atoms with Crippen molar-refractivity contribution < 1.29 is 19.1 Å². The quantitative estimate of drug-likeness (QED) is 0.505. The van der Waals surface area contributed by atoms with Crippen LogP contribution in [0.1, 0.15) is 20.3 Å². The van der Waals surface area contributed by atoms with Gasteiger partial charge in [0.05, 0.1) is 13.1 Å². The zero-order chi connectivity index (χ0) is 12.2. The van der Waals surface area contributed by atoms with Gasteiger partial charge in [-0.3, -0.25) is 14.5 Å². The molecule has 5 heteroatoms. The number of esters is 2. The Kier molecular flexibility index (Phi) is 4.44. The molecule has 1 rings (SSSR count). The molecule has 0 amide bonds. The Morgan fingerprint density at radius 3 is 2.38 bits per heavy atom. The molecule has 0 unspecified atom stereocenters. The Morgan fingerprint density at radius 2 is 1.88 bits per heavy atom. The molecule has 0 N–H and O–H groups in total. The Hall–Kier alpha value is -0.940. The van der Waals surface area contributed by atoms with Crippen LogP contribution in [0.15, 0.2) is 0 Å². The van der Waals surface area contributed by atoms with Crippen LogP contribution in [0.2, 0.25) is 0 Å². The SMILES string of the molecule is COCCC(C)(C)CN1CC(=O)OC(=O)C1. The zero-order valence-electron chi connectivity index (χ0n) is 10.1. The number of carbonyl (C=O) groups excluding carboxylic acids is 2. The highest BCUT2D eigenvalue weighted by molar-refractivity contribution is 5.90. The molecule has 0 aromatic carbocycles. The minimum Gasteiger partial charge on any atom is -0.391 e. The highest BCUT2D eigenvalue weighted by Gasteiger charge is 2.29. The lowest BCUT2D eigenvalue weighted by atomic mass is 9.89. The maximum atomic E-state index is 11.1. The molecular weight excluding hydrogens is 210 g/mol. The third kappa shape index (κ3) is 4.28. The first-order valence-corrected chi connectivity index (χ1v) is 5.38. The minimum atomic E-state index is -0.459. The van der Waals surface area contributed by atoms with Crippen molar-refractivity contribution in [2.24, 2.45) is 5.41 Å². The van der Waals surface area contributed by atoms with Gasteiger partial charge in [0.1, 0.15) is 0 Å². The summed E-state index contributed by atoms with van der Waals surface area (Å²) in [7, 11) is 1.66. The maximum Gasteiger partial charge on any atom is 0.327 e. The molecule has 0 radical (unpaired) electrons. The average Bonchev–Trinajstić information content (AvgIpc) is 2.12. The number of rotatable bonds is 5. The topological polar surface area (TPSA) is 55.8 Å². The van der Waals surface area contributed by atoms with E-state index in [1.54, 1.807) is 7.11 Å². The second kappa shape index (κ2) is 5.41. The van der Waals surface area contributed by atoms with E-state index in [-0.39, 0.29) is 18.5 Å². The normalized spacial score (nSPS) is 18.7. The highest BCUT2D eigenvalue weighted by Crippen LogP contribution is 2.22. The fourth-order valence-electron chi connectivity index (χ4n) is 1.79. The molecule has 1 fully saturated rings. The van der Waals surface area contributed by atoms with Gasteiger partial charge < -0.3 is 9.47 Å². The number of ether oxygens (including phenoxy) is 2. The monoisotopic (exact) mass is 229 g/mol. The summed E-state index contributed by atoms with van der Waals surface area (Å²) in [5.74, 6) is -0.919. The second-order valence-electron chi connectivity index (χ2n) is 4.90. The van der Waals surface area contributed by atoms with Crippen LogP contribution in [0.25, 0.3) is 0 Å². The molecule has 1 saturated heterocycles. The standard InChI is InChI=1S/C11H19NO4/c1-11(2,4-5-15-3)8-12-6-9(13)16-10(14)7-12/h4-8H2,1-3H3. The van der Waals surface area contributed by atoms with E-state index in [1.807, 2.05) is 4.90 Å². The smallest absolute Gasteiger partial charge is 0.327 e. The van der Waals surface area contributed by atoms with Crippen LogP contribution in [0.3, 0.4) is 0 Å². The van der Waals surface area contributed by atoms with Crippen LogP contribution in [-0.2, 0) is 19.1 Å². The van der Waals surface area contributed by atoms with Gasteiger partial charge >= 0.3 is 11.9 Å². The van der Waals surface area contributed by atoms with Crippen molar-refractivity contribution in [2.45, 2.75) is 20.3 Å². The summed E-state index contributed by atoms with van der Waals surface area (Å²) in [5.41, 5.74) is 0.0217. The summed E-state index contributed by atoms with van der Waals surface area (Å²) in [6, 6.07) is 0. The zero-order valence-corrected chi connectivity index (χ0v) is 10.1. The fraction of sp³-hybridized carbons (Fsp3) is 0.818. The molecule has 1 aliphatic rings. The third-order valence-corrected chi connectivity index (χ3v) is 2.57. The Morgan fingerprint density at radius 1 is 1.31 bits per heavy atom. The van der Waals surface area contributed by atoms with Gasteiger partial charge in [0.15, 0.2) is 0 Å². The lowest BCUT2D eigenvalue weighted by molar-refractivity contribution is -0.167. The molecule has 0 atom stereocenters. The molecule has 92 valence electrons. The number of hydrogen-bond acceptors (Lipinski definition) is 5. The largest absolute Gasteiger partial charge is 0.391 e. The van der Waals surface area contributed by atoms with E-state index in [4.69, 9.17) is 4.74 Å². The molecule has 1 heterocycles. The minimum absolute atomic E-state index is 0.0217. The van der Waals surface area contributed by atoms with E-state index in [2.05, 4.69) is 18.6 Å². The van der Waals surface area contributed by atoms with Crippen molar-refractivity contribution in [2.75, 3.05) is 33.4 Å². The molecule has 0 aliphatic carbocycles. The van der Waals surface area contributed by atoms with Gasteiger partial charge in [0.2, 0.25) is 0 Å². The molecule has 0 bridgehead atoms. The van der Waals surface area contributed by atoms with E-state index in [0.717, 1.165) is 6.42 Å². The van der Waals surface area contributed by atoms with Crippen molar-refractivity contribution in [3.05, 3.63) is 0 Å². The summed E-state index contributed by atoms with van der Waals surface area (Å²) in [5, 5.41) is 0. The Balaban J connectivity index is 2.45. The van der Waals surface area contributed by atoms with E-state index in [9.17, 15) is 9.59 Å². The van der Waals surface area contributed by atoms with Crippen molar-refractivity contribution in [1.29, 1.82) is 0 Å². The van der Waals surface area contributed by atoms with Gasteiger partial charge in [0.25, 0.3) is 0 Å². The van der Waals surface area contributed by atoms with Crippen molar-refractivity contribution in [1.82, 2.24) is 4.90 Å². The summed E-state index contributed by atoms with van der Waals surface area (Å²) >= 11 is 0. The molecule has 16 heavy (non-hydrogen) atoms. The summed E-state index contributed by atoms with van der Waals surface area (Å²) in [6.45, 7) is 5.95. The first kappa shape index (κ1) is 13.1. The van der Waals surface area contributed by atoms with E-state index in [1.165, 1.54) is 0 Å². The number of nitrogens with zero attached hydrogens (tertiary/aromatic N) is 1. The molecule has 0 aromatic heterocycles. The second-order valence-corrected chi connectivity index (χ2v) is 4.90. The van der Waals surface area contributed by atoms with Gasteiger partial charge in [-0.25, -0.2) is 0 Å². The van der Waals surface area contributed by atoms with Crippen LogP contribution in [0, 0.1) is 5.41 Å². The molecule has 1 aliphatic heterocycles.